The molecule has 2 rings (SSSR count). The second-order valence-electron chi connectivity index (χ2n) is 4.29. The van der Waals surface area contributed by atoms with E-state index in [4.69, 9.17) is 0 Å². The summed E-state index contributed by atoms with van der Waals surface area (Å²) in [4.78, 5) is 0. The summed E-state index contributed by atoms with van der Waals surface area (Å²) in [6.07, 6.45) is 0.911. The van der Waals surface area contributed by atoms with Crippen molar-refractivity contribution in [3.8, 4) is 0 Å². The fourth-order valence-electron chi connectivity index (χ4n) is 1.75. The van der Waals surface area contributed by atoms with E-state index in [1.54, 1.807) is 0 Å². The smallest absolute Gasteiger partial charge is 0.117 e. The fraction of sp³-hybridized carbons (Fsp3) is 0.500. The molecule has 0 aliphatic heterocycles. The van der Waals surface area contributed by atoms with E-state index in [0.717, 1.165) is 12.1 Å². The maximum Gasteiger partial charge on any atom is 0.117 e. The molecule has 1 aromatic carbocycles. The van der Waals surface area contributed by atoms with Gasteiger partial charge in [0.2, 0.25) is 0 Å². The van der Waals surface area contributed by atoms with Crippen LogP contribution >= 0.6 is 0 Å². The second-order valence-corrected chi connectivity index (χ2v) is 4.29. The normalized spacial score (nSPS) is 24.7. The Morgan fingerprint density at radius 1 is 1.27 bits per heavy atom. The van der Waals surface area contributed by atoms with Crippen molar-refractivity contribution in [1.29, 1.82) is 0 Å². The van der Waals surface area contributed by atoms with Gasteiger partial charge >= 0.3 is 0 Å². The van der Waals surface area contributed by atoms with Crippen molar-refractivity contribution in [1.82, 2.24) is 5.43 Å². The molecule has 0 saturated heterocycles. The lowest BCUT2D eigenvalue weighted by Gasteiger charge is -2.31. The predicted molar refractivity (Wildman–Crippen MR) is 60.6 cm³/mol. The Balaban J connectivity index is 1.93. The molecule has 1 aliphatic rings. The largest absolute Gasteiger partial charge is 0.321 e. The van der Waals surface area contributed by atoms with Crippen LogP contribution in [0.3, 0.4) is 0 Å². The van der Waals surface area contributed by atoms with E-state index in [0.29, 0.717) is 6.42 Å². The van der Waals surface area contributed by atoms with Crippen LogP contribution in [-0.2, 0) is 0 Å². The van der Waals surface area contributed by atoms with Crippen LogP contribution in [0.25, 0.3) is 0 Å². The van der Waals surface area contributed by atoms with Gasteiger partial charge in [-0.05, 0) is 38.3 Å². The predicted octanol–water partition coefficient (Wildman–Crippen LogP) is 2.72. The third kappa shape index (κ3) is 2.29. The summed E-state index contributed by atoms with van der Waals surface area (Å²) in [7, 11) is 0. The molecule has 0 spiro atoms. The number of aryl methyl sites for hydroxylation is 2. The summed E-state index contributed by atoms with van der Waals surface area (Å²) in [5.74, 6) is 0. The summed E-state index contributed by atoms with van der Waals surface area (Å²) in [6.45, 7) is 4.11. The number of benzene rings is 1. The minimum absolute atomic E-state index is 0.0225. The van der Waals surface area contributed by atoms with E-state index < -0.39 is 6.17 Å². The molecule has 0 bridgehead atoms. The van der Waals surface area contributed by atoms with Crippen LogP contribution in [-0.4, -0.2) is 12.2 Å². The van der Waals surface area contributed by atoms with Gasteiger partial charge in [-0.15, -0.1) is 0 Å². The molecule has 2 N–H and O–H groups in total. The molecule has 1 saturated carbocycles. The zero-order valence-corrected chi connectivity index (χ0v) is 9.18. The molecule has 0 amide bonds. The van der Waals surface area contributed by atoms with Gasteiger partial charge in [0.1, 0.15) is 6.17 Å². The minimum Gasteiger partial charge on any atom is -0.321 e. The average molecular weight is 208 g/mol. The van der Waals surface area contributed by atoms with Crippen LogP contribution in [0.5, 0.6) is 0 Å². The highest BCUT2D eigenvalue weighted by atomic mass is 19.1. The number of nitrogens with one attached hydrogen (secondary N) is 2. The van der Waals surface area contributed by atoms with Crippen molar-refractivity contribution in [2.24, 2.45) is 0 Å². The molecule has 2 nitrogen and oxygen atoms in total. The van der Waals surface area contributed by atoms with E-state index in [2.05, 4.69) is 23.8 Å². The number of halogens is 1. The highest BCUT2D eigenvalue weighted by molar-refractivity contribution is 5.51. The first-order chi connectivity index (χ1) is 7.16. The van der Waals surface area contributed by atoms with Crippen LogP contribution < -0.4 is 10.9 Å². The molecule has 2 atom stereocenters. The summed E-state index contributed by atoms with van der Waals surface area (Å²) in [6, 6.07) is 6.15. The first-order valence-electron chi connectivity index (χ1n) is 5.39. The summed E-state index contributed by atoms with van der Waals surface area (Å²) in [5, 5.41) is 0. The Hall–Kier alpha value is -1.09. The molecule has 0 aromatic heterocycles. The molecule has 3 heteroatoms. The lowest BCUT2D eigenvalue weighted by atomic mass is 9.91. The molecular formula is C12H17FN2. The van der Waals surface area contributed by atoms with Gasteiger partial charge < -0.3 is 5.43 Å². The Kier molecular flexibility index (Phi) is 2.91. The topological polar surface area (TPSA) is 24.1 Å². The van der Waals surface area contributed by atoms with Crippen molar-refractivity contribution in [3.05, 3.63) is 29.3 Å². The first-order valence-corrected chi connectivity index (χ1v) is 5.39. The zero-order valence-electron chi connectivity index (χ0n) is 9.18. The molecule has 2 unspecified atom stereocenters. The molecule has 15 heavy (non-hydrogen) atoms. The Morgan fingerprint density at radius 3 is 2.60 bits per heavy atom. The van der Waals surface area contributed by atoms with Crippen LogP contribution in [0.15, 0.2) is 18.2 Å². The quantitative estimate of drug-likeness (QED) is 0.746. The van der Waals surface area contributed by atoms with Crippen molar-refractivity contribution in [3.63, 3.8) is 0 Å². The van der Waals surface area contributed by atoms with Gasteiger partial charge in [0, 0.05) is 0 Å². The molecule has 0 radical (unpaired) electrons. The van der Waals surface area contributed by atoms with E-state index in [1.165, 1.54) is 11.1 Å². The fourth-order valence-corrected chi connectivity index (χ4v) is 1.75. The van der Waals surface area contributed by atoms with Crippen molar-refractivity contribution >= 4 is 5.69 Å². The third-order valence-corrected chi connectivity index (χ3v) is 2.96. The van der Waals surface area contributed by atoms with E-state index in [-0.39, 0.29) is 6.04 Å². The Bertz CT molecular complexity index is 351. The van der Waals surface area contributed by atoms with E-state index in [9.17, 15) is 4.39 Å². The Morgan fingerprint density at radius 2 is 2.07 bits per heavy atom. The molecule has 1 aromatic rings. The number of alkyl halides is 1. The summed E-state index contributed by atoms with van der Waals surface area (Å²) in [5.41, 5.74) is 9.55. The number of rotatable bonds is 3. The molecule has 1 aliphatic carbocycles. The van der Waals surface area contributed by atoms with Crippen molar-refractivity contribution in [2.45, 2.75) is 38.9 Å². The van der Waals surface area contributed by atoms with E-state index in [1.807, 2.05) is 19.1 Å². The number of hydrazine groups is 1. The molecular weight excluding hydrogens is 191 g/mol. The highest BCUT2D eigenvalue weighted by Crippen LogP contribution is 2.23. The van der Waals surface area contributed by atoms with Gasteiger partial charge in [-0.2, -0.15) is 0 Å². The summed E-state index contributed by atoms with van der Waals surface area (Å²) >= 11 is 0. The van der Waals surface area contributed by atoms with Crippen molar-refractivity contribution < 1.29 is 4.39 Å². The highest BCUT2D eigenvalue weighted by Gasteiger charge is 2.30. The average Bonchev–Trinajstić information content (AvgIpc) is 2.19. The van der Waals surface area contributed by atoms with Gasteiger partial charge in [-0.25, -0.2) is 9.82 Å². The standard InChI is InChI=1S/C12H17FN2/c1-8-3-5-11(9(2)7-8)14-15-12-6-4-10(12)13/h3,5,7,10,12,14-15H,4,6H2,1-2H3. The van der Waals surface area contributed by atoms with Crippen molar-refractivity contribution in [2.75, 3.05) is 5.43 Å². The molecule has 82 valence electrons. The van der Waals surface area contributed by atoms with Gasteiger partial charge in [-0.1, -0.05) is 17.7 Å². The Labute approximate surface area is 89.9 Å². The number of hydrogen-bond acceptors (Lipinski definition) is 2. The molecule has 1 fully saturated rings. The third-order valence-electron chi connectivity index (χ3n) is 2.96. The zero-order chi connectivity index (χ0) is 10.8. The monoisotopic (exact) mass is 208 g/mol. The summed E-state index contributed by atoms with van der Waals surface area (Å²) < 4.78 is 12.9. The molecule has 0 heterocycles. The van der Waals surface area contributed by atoms with Crippen LogP contribution in [0.4, 0.5) is 10.1 Å². The lowest BCUT2D eigenvalue weighted by molar-refractivity contribution is 0.149. The van der Waals surface area contributed by atoms with Crippen LogP contribution in [0, 0.1) is 13.8 Å². The SMILES string of the molecule is Cc1ccc(NNC2CCC2F)c(C)c1. The van der Waals surface area contributed by atoms with E-state index >= 15 is 0 Å². The maximum absolute atomic E-state index is 12.9. The minimum atomic E-state index is -0.691. The first kappa shape index (κ1) is 10.4. The number of hydrogen-bond donors (Lipinski definition) is 2. The second kappa shape index (κ2) is 4.19. The lowest BCUT2D eigenvalue weighted by Crippen LogP contribution is -2.48. The number of anilines is 1. The van der Waals surface area contributed by atoms with Gasteiger partial charge in [0.15, 0.2) is 0 Å². The van der Waals surface area contributed by atoms with Crippen LogP contribution in [0.1, 0.15) is 24.0 Å². The van der Waals surface area contributed by atoms with Crippen LogP contribution in [0.2, 0.25) is 0 Å². The van der Waals surface area contributed by atoms with Gasteiger partial charge in [0.05, 0.1) is 11.7 Å². The van der Waals surface area contributed by atoms with Gasteiger partial charge in [-0.3, -0.25) is 0 Å². The van der Waals surface area contributed by atoms with Gasteiger partial charge in [0.25, 0.3) is 0 Å². The maximum atomic E-state index is 12.9.